The van der Waals surface area contributed by atoms with Gasteiger partial charge in [-0.2, -0.15) is 0 Å². The van der Waals surface area contributed by atoms with Crippen LogP contribution in [0, 0.1) is 0 Å². The van der Waals surface area contributed by atoms with Crippen LogP contribution >= 0.6 is 0 Å². The first-order chi connectivity index (χ1) is 8.31. The standard InChI is InChI=1S/C11H14N4O2S/c1-18(16,17)9-4-2-8(3-5-9)11(13)6-7-14-10(12)15-11/h2-7H,13H2,1H3,(H3,12,14,15). The second-order valence-corrected chi connectivity index (χ2v) is 6.11. The number of hydrogen-bond donors (Lipinski definition) is 3. The van der Waals surface area contributed by atoms with E-state index in [0.717, 1.165) is 6.26 Å². The lowest BCUT2D eigenvalue weighted by atomic mass is 10.0. The Hall–Kier alpha value is -1.86. The van der Waals surface area contributed by atoms with Gasteiger partial charge in [-0.25, -0.2) is 13.4 Å². The highest BCUT2D eigenvalue weighted by molar-refractivity contribution is 7.90. The molecule has 2 rings (SSSR count). The Morgan fingerprint density at radius 1 is 1.28 bits per heavy atom. The molecule has 1 aliphatic heterocycles. The summed E-state index contributed by atoms with van der Waals surface area (Å²) >= 11 is 0. The first-order valence-corrected chi connectivity index (χ1v) is 7.09. The lowest BCUT2D eigenvalue weighted by Gasteiger charge is -2.25. The molecule has 0 fully saturated rings. The molecule has 0 aromatic heterocycles. The van der Waals surface area contributed by atoms with Crippen molar-refractivity contribution >= 4 is 15.8 Å². The lowest BCUT2D eigenvalue weighted by Crippen LogP contribution is -2.42. The first kappa shape index (κ1) is 12.6. The summed E-state index contributed by atoms with van der Waals surface area (Å²) in [6.45, 7) is 0. The number of nitrogens with one attached hydrogen (secondary N) is 1. The minimum atomic E-state index is -3.21. The zero-order valence-corrected chi connectivity index (χ0v) is 10.6. The first-order valence-electron chi connectivity index (χ1n) is 5.20. The summed E-state index contributed by atoms with van der Waals surface area (Å²) in [7, 11) is -3.21. The van der Waals surface area contributed by atoms with Crippen molar-refractivity contribution in [2.75, 3.05) is 6.26 Å². The second-order valence-electron chi connectivity index (χ2n) is 4.10. The van der Waals surface area contributed by atoms with Gasteiger partial charge in [0.2, 0.25) is 0 Å². The summed E-state index contributed by atoms with van der Waals surface area (Å²) in [6.07, 6.45) is 4.41. The predicted molar refractivity (Wildman–Crippen MR) is 69.3 cm³/mol. The summed E-state index contributed by atoms with van der Waals surface area (Å²) in [5.41, 5.74) is 11.2. The van der Waals surface area contributed by atoms with Crippen LogP contribution in [0.15, 0.2) is 46.4 Å². The average Bonchev–Trinajstić information content (AvgIpc) is 2.28. The number of rotatable bonds is 2. The van der Waals surface area contributed by atoms with Crippen molar-refractivity contribution in [3.63, 3.8) is 0 Å². The van der Waals surface area contributed by atoms with Gasteiger partial charge in [0.15, 0.2) is 21.5 Å². The molecule has 0 radical (unpaired) electrons. The van der Waals surface area contributed by atoms with E-state index in [1.165, 1.54) is 12.1 Å². The van der Waals surface area contributed by atoms with Gasteiger partial charge in [0.25, 0.3) is 0 Å². The number of nitrogens with zero attached hydrogens (tertiary/aromatic N) is 1. The molecule has 5 N–H and O–H groups in total. The van der Waals surface area contributed by atoms with Gasteiger partial charge < -0.3 is 11.1 Å². The molecule has 1 aliphatic rings. The fourth-order valence-corrected chi connectivity index (χ4v) is 2.28. The van der Waals surface area contributed by atoms with Gasteiger partial charge in [0, 0.05) is 12.5 Å². The molecule has 1 atom stereocenters. The topological polar surface area (TPSA) is 111 Å². The highest BCUT2D eigenvalue weighted by Crippen LogP contribution is 2.24. The molecular formula is C11H14N4O2S. The summed E-state index contributed by atoms with van der Waals surface area (Å²) < 4.78 is 22.7. The molecule has 0 aliphatic carbocycles. The number of aliphatic imine (C=N–C) groups is 1. The number of nitrogens with two attached hydrogens (primary N) is 2. The van der Waals surface area contributed by atoms with Gasteiger partial charge in [-0.3, -0.25) is 5.73 Å². The molecule has 7 heteroatoms. The minimum absolute atomic E-state index is 0.215. The quantitative estimate of drug-likeness (QED) is 0.676. The molecule has 0 spiro atoms. The minimum Gasteiger partial charge on any atom is -0.370 e. The highest BCUT2D eigenvalue weighted by Gasteiger charge is 2.26. The van der Waals surface area contributed by atoms with Crippen LogP contribution in [0.1, 0.15) is 5.56 Å². The monoisotopic (exact) mass is 266 g/mol. The predicted octanol–water partition coefficient (Wildman–Crippen LogP) is -0.367. The van der Waals surface area contributed by atoms with Gasteiger partial charge in [0.05, 0.1) is 4.90 Å². The van der Waals surface area contributed by atoms with Crippen LogP contribution in [0.2, 0.25) is 0 Å². The Balaban J connectivity index is 2.41. The SMILES string of the molecule is CS(=O)(=O)c1ccc(C2(N)C=CNC(N)=N2)cc1. The highest BCUT2D eigenvalue weighted by atomic mass is 32.2. The van der Waals surface area contributed by atoms with Crippen molar-refractivity contribution in [3.8, 4) is 0 Å². The van der Waals surface area contributed by atoms with E-state index in [0.29, 0.717) is 5.56 Å². The van der Waals surface area contributed by atoms with Crippen molar-refractivity contribution in [1.29, 1.82) is 0 Å². The van der Waals surface area contributed by atoms with Crippen LogP contribution < -0.4 is 16.8 Å². The second kappa shape index (κ2) is 4.11. The third-order valence-electron chi connectivity index (χ3n) is 2.62. The molecule has 1 unspecified atom stereocenters. The Kier molecular flexibility index (Phi) is 2.88. The number of hydrogen-bond acceptors (Lipinski definition) is 6. The third-order valence-corrected chi connectivity index (χ3v) is 3.75. The maximum atomic E-state index is 11.3. The van der Waals surface area contributed by atoms with Gasteiger partial charge in [0.1, 0.15) is 0 Å². The van der Waals surface area contributed by atoms with Crippen LogP contribution in [0.25, 0.3) is 0 Å². The molecule has 18 heavy (non-hydrogen) atoms. The normalized spacial score (nSPS) is 23.3. The van der Waals surface area contributed by atoms with Crippen molar-refractivity contribution in [2.45, 2.75) is 10.6 Å². The maximum Gasteiger partial charge on any atom is 0.195 e. The summed E-state index contributed by atoms with van der Waals surface area (Å²) in [5.74, 6) is 0.215. The van der Waals surface area contributed by atoms with E-state index in [9.17, 15) is 8.42 Å². The fourth-order valence-electron chi connectivity index (χ4n) is 1.65. The molecule has 1 aromatic carbocycles. The smallest absolute Gasteiger partial charge is 0.195 e. The largest absolute Gasteiger partial charge is 0.370 e. The zero-order valence-electron chi connectivity index (χ0n) is 9.79. The van der Waals surface area contributed by atoms with Gasteiger partial charge in [-0.1, -0.05) is 12.1 Å². The molecule has 0 saturated heterocycles. The molecule has 0 saturated carbocycles. The number of guanidine groups is 1. The Morgan fingerprint density at radius 3 is 2.39 bits per heavy atom. The summed E-state index contributed by atoms with van der Waals surface area (Å²) in [4.78, 5) is 4.34. The van der Waals surface area contributed by atoms with E-state index in [-0.39, 0.29) is 10.9 Å². The van der Waals surface area contributed by atoms with E-state index < -0.39 is 15.5 Å². The fraction of sp³-hybridized carbons (Fsp3) is 0.182. The van der Waals surface area contributed by atoms with Crippen molar-refractivity contribution in [3.05, 3.63) is 42.1 Å². The Bertz CT molecular complexity index is 619. The third kappa shape index (κ3) is 2.36. The van der Waals surface area contributed by atoms with Gasteiger partial charge >= 0.3 is 0 Å². The van der Waals surface area contributed by atoms with E-state index in [2.05, 4.69) is 10.3 Å². The van der Waals surface area contributed by atoms with E-state index >= 15 is 0 Å². The van der Waals surface area contributed by atoms with Crippen molar-refractivity contribution < 1.29 is 8.42 Å². The molecule has 96 valence electrons. The molecule has 1 aromatic rings. The van der Waals surface area contributed by atoms with Crippen LogP contribution in [-0.2, 0) is 15.5 Å². The average molecular weight is 266 g/mol. The maximum absolute atomic E-state index is 11.3. The van der Waals surface area contributed by atoms with Gasteiger partial charge in [-0.15, -0.1) is 0 Å². The van der Waals surface area contributed by atoms with Crippen LogP contribution in [-0.4, -0.2) is 20.6 Å². The Morgan fingerprint density at radius 2 is 1.89 bits per heavy atom. The zero-order chi connectivity index (χ0) is 13.4. The van der Waals surface area contributed by atoms with E-state index in [1.54, 1.807) is 24.4 Å². The molecular weight excluding hydrogens is 252 g/mol. The number of benzene rings is 1. The van der Waals surface area contributed by atoms with Crippen LogP contribution in [0.5, 0.6) is 0 Å². The van der Waals surface area contributed by atoms with E-state index in [4.69, 9.17) is 11.5 Å². The lowest BCUT2D eigenvalue weighted by molar-refractivity contribution is 0.579. The van der Waals surface area contributed by atoms with Crippen molar-refractivity contribution in [1.82, 2.24) is 5.32 Å². The Labute approximate surface area is 105 Å². The summed E-state index contributed by atoms with van der Waals surface area (Å²) in [5, 5.41) is 2.71. The van der Waals surface area contributed by atoms with Gasteiger partial charge in [-0.05, 0) is 23.8 Å². The van der Waals surface area contributed by atoms with Crippen molar-refractivity contribution in [2.24, 2.45) is 16.5 Å². The number of sulfone groups is 1. The molecule has 0 bridgehead atoms. The molecule has 1 heterocycles. The molecule has 6 nitrogen and oxygen atoms in total. The summed E-state index contributed by atoms with van der Waals surface area (Å²) in [6, 6.07) is 6.26. The molecule has 0 amide bonds. The van der Waals surface area contributed by atoms with Crippen LogP contribution in [0.4, 0.5) is 0 Å². The van der Waals surface area contributed by atoms with Crippen LogP contribution in [0.3, 0.4) is 0 Å². The van der Waals surface area contributed by atoms with E-state index in [1.807, 2.05) is 0 Å².